The molecule has 0 radical (unpaired) electrons. The molecule has 1 amide bonds. The van der Waals surface area contributed by atoms with Crippen molar-refractivity contribution in [3.05, 3.63) is 24.3 Å². The molecule has 0 spiro atoms. The SMILES string of the molecule is CC(N)C(=O)Nc1ccc(S)cc1. The molecule has 0 aliphatic heterocycles. The zero-order valence-corrected chi connectivity index (χ0v) is 8.21. The van der Waals surface area contributed by atoms with Crippen molar-refractivity contribution in [3.8, 4) is 0 Å². The van der Waals surface area contributed by atoms with Gasteiger partial charge in [0, 0.05) is 10.6 Å². The molecule has 0 aliphatic rings. The van der Waals surface area contributed by atoms with Gasteiger partial charge in [0.15, 0.2) is 0 Å². The number of carbonyl (C=O) groups excluding carboxylic acids is 1. The maximum absolute atomic E-state index is 11.1. The number of anilines is 1. The molecule has 1 atom stereocenters. The van der Waals surface area contributed by atoms with Crippen LogP contribution in [0.4, 0.5) is 5.69 Å². The Morgan fingerprint density at radius 2 is 2.00 bits per heavy atom. The smallest absolute Gasteiger partial charge is 0.240 e. The summed E-state index contributed by atoms with van der Waals surface area (Å²) < 4.78 is 0. The molecule has 0 aliphatic carbocycles. The fourth-order valence-electron chi connectivity index (χ4n) is 0.801. The van der Waals surface area contributed by atoms with Gasteiger partial charge in [-0.05, 0) is 31.2 Å². The van der Waals surface area contributed by atoms with Gasteiger partial charge in [0.1, 0.15) is 0 Å². The Labute approximate surface area is 82.7 Å². The largest absolute Gasteiger partial charge is 0.325 e. The average molecular weight is 196 g/mol. The molecule has 0 bridgehead atoms. The second kappa shape index (κ2) is 4.30. The number of thiol groups is 1. The minimum Gasteiger partial charge on any atom is -0.325 e. The van der Waals surface area contributed by atoms with Crippen molar-refractivity contribution in [2.75, 3.05) is 5.32 Å². The number of nitrogens with two attached hydrogens (primary N) is 1. The summed E-state index contributed by atoms with van der Waals surface area (Å²) in [5, 5.41) is 2.67. The molecular weight excluding hydrogens is 184 g/mol. The highest BCUT2D eigenvalue weighted by Gasteiger charge is 2.06. The lowest BCUT2D eigenvalue weighted by Crippen LogP contribution is -2.32. The quantitative estimate of drug-likeness (QED) is 0.624. The first-order valence-electron chi connectivity index (χ1n) is 3.95. The molecule has 1 aromatic carbocycles. The first-order chi connectivity index (χ1) is 6.09. The van der Waals surface area contributed by atoms with Crippen molar-refractivity contribution in [1.29, 1.82) is 0 Å². The van der Waals surface area contributed by atoms with Gasteiger partial charge in [-0.15, -0.1) is 12.6 Å². The van der Waals surface area contributed by atoms with E-state index in [2.05, 4.69) is 17.9 Å². The third-order valence-electron chi connectivity index (χ3n) is 1.55. The Bertz CT molecular complexity index is 295. The standard InChI is InChI=1S/C9H12N2OS/c1-6(10)9(12)11-7-2-4-8(13)5-3-7/h2-6,13H,10H2,1H3,(H,11,12). The fraction of sp³-hybridized carbons (Fsp3) is 0.222. The Morgan fingerprint density at radius 3 is 2.46 bits per heavy atom. The van der Waals surface area contributed by atoms with E-state index < -0.39 is 6.04 Å². The molecule has 0 saturated carbocycles. The monoisotopic (exact) mass is 196 g/mol. The number of hydrogen-bond acceptors (Lipinski definition) is 3. The van der Waals surface area contributed by atoms with E-state index >= 15 is 0 Å². The molecular formula is C9H12N2OS. The van der Waals surface area contributed by atoms with Gasteiger partial charge in [0.2, 0.25) is 5.91 Å². The summed E-state index contributed by atoms with van der Waals surface area (Å²) in [5.74, 6) is -0.188. The highest BCUT2D eigenvalue weighted by molar-refractivity contribution is 7.80. The number of benzene rings is 1. The van der Waals surface area contributed by atoms with Crippen molar-refractivity contribution in [3.63, 3.8) is 0 Å². The Balaban J connectivity index is 2.65. The average Bonchev–Trinajstić information content (AvgIpc) is 2.08. The zero-order valence-electron chi connectivity index (χ0n) is 7.32. The predicted molar refractivity (Wildman–Crippen MR) is 56.0 cm³/mol. The summed E-state index contributed by atoms with van der Waals surface area (Å²) in [6, 6.07) is 6.68. The lowest BCUT2D eigenvalue weighted by Gasteiger charge is -2.07. The molecule has 0 fully saturated rings. The number of nitrogens with one attached hydrogen (secondary N) is 1. The van der Waals surface area contributed by atoms with E-state index in [1.807, 2.05) is 0 Å². The minimum absolute atomic E-state index is 0.188. The molecule has 13 heavy (non-hydrogen) atoms. The predicted octanol–water partition coefficient (Wildman–Crippen LogP) is 1.26. The van der Waals surface area contributed by atoms with E-state index in [0.29, 0.717) is 0 Å². The fourth-order valence-corrected chi connectivity index (χ4v) is 0.950. The van der Waals surface area contributed by atoms with Gasteiger partial charge in [0.25, 0.3) is 0 Å². The van der Waals surface area contributed by atoms with Gasteiger partial charge < -0.3 is 11.1 Å². The summed E-state index contributed by atoms with van der Waals surface area (Å²) in [4.78, 5) is 12.0. The van der Waals surface area contributed by atoms with Crippen LogP contribution in [0, 0.1) is 0 Å². The van der Waals surface area contributed by atoms with E-state index in [4.69, 9.17) is 5.73 Å². The molecule has 1 aromatic rings. The van der Waals surface area contributed by atoms with Gasteiger partial charge in [-0.3, -0.25) is 4.79 Å². The number of hydrogen-bond donors (Lipinski definition) is 3. The van der Waals surface area contributed by atoms with Crippen LogP contribution in [-0.2, 0) is 4.79 Å². The van der Waals surface area contributed by atoms with Crippen LogP contribution in [0.25, 0.3) is 0 Å². The van der Waals surface area contributed by atoms with E-state index in [1.54, 1.807) is 31.2 Å². The Morgan fingerprint density at radius 1 is 1.46 bits per heavy atom. The van der Waals surface area contributed by atoms with Crippen molar-refractivity contribution in [1.82, 2.24) is 0 Å². The van der Waals surface area contributed by atoms with Gasteiger partial charge in [-0.2, -0.15) is 0 Å². The van der Waals surface area contributed by atoms with Crippen molar-refractivity contribution in [2.24, 2.45) is 5.73 Å². The summed E-state index contributed by atoms with van der Waals surface area (Å²) in [6.07, 6.45) is 0. The molecule has 0 heterocycles. The van der Waals surface area contributed by atoms with Crippen LogP contribution >= 0.6 is 12.6 Å². The van der Waals surface area contributed by atoms with Crippen LogP contribution in [0.3, 0.4) is 0 Å². The molecule has 70 valence electrons. The molecule has 0 saturated heterocycles. The van der Waals surface area contributed by atoms with Gasteiger partial charge in [0.05, 0.1) is 6.04 Å². The van der Waals surface area contributed by atoms with Crippen molar-refractivity contribution in [2.45, 2.75) is 17.9 Å². The number of carbonyl (C=O) groups is 1. The highest BCUT2D eigenvalue weighted by atomic mass is 32.1. The van der Waals surface area contributed by atoms with E-state index in [1.165, 1.54) is 0 Å². The van der Waals surface area contributed by atoms with Crippen LogP contribution in [0.1, 0.15) is 6.92 Å². The molecule has 1 rings (SSSR count). The summed E-state index contributed by atoms with van der Waals surface area (Å²) in [6.45, 7) is 1.64. The molecule has 1 unspecified atom stereocenters. The van der Waals surface area contributed by atoms with Gasteiger partial charge >= 0.3 is 0 Å². The van der Waals surface area contributed by atoms with E-state index in [-0.39, 0.29) is 5.91 Å². The first kappa shape index (κ1) is 10.1. The molecule has 0 aromatic heterocycles. The van der Waals surface area contributed by atoms with Crippen LogP contribution in [-0.4, -0.2) is 11.9 Å². The normalized spacial score (nSPS) is 12.2. The maximum atomic E-state index is 11.1. The highest BCUT2D eigenvalue weighted by Crippen LogP contribution is 2.11. The van der Waals surface area contributed by atoms with Crippen LogP contribution in [0.5, 0.6) is 0 Å². The van der Waals surface area contributed by atoms with Crippen LogP contribution in [0.15, 0.2) is 29.2 Å². The third kappa shape index (κ3) is 3.08. The third-order valence-corrected chi connectivity index (χ3v) is 1.85. The topological polar surface area (TPSA) is 55.1 Å². The number of amides is 1. The van der Waals surface area contributed by atoms with E-state index in [0.717, 1.165) is 10.6 Å². The zero-order chi connectivity index (χ0) is 9.84. The molecule has 4 heteroatoms. The number of rotatable bonds is 2. The van der Waals surface area contributed by atoms with Crippen LogP contribution < -0.4 is 11.1 Å². The van der Waals surface area contributed by atoms with Gasteiger partial charge in [-0.1, -0.05) is 0 Å². The van der Waals surface area contributed by atoms with Gasteiger partial charge in [-0.25, -0.2) is 0 Å². The lowest BCUT2D eigenvalue weighted by atomic mass is 10.3. The Hall–Kier alpha value is -1.00. The maximum Gasteiger partial charge on any atom is 0.240 e. The second-order valence-corrected chi connectivity index (χ2v) is 3.34. The minimum atomic E-state index is -0.490. The summed E-state index contributed by atoms with van der Waals surface area (Å²) in [5.41, 5.74) is 6.12. The van der Waals surface area contributed by atoms with Crippen LogP contribution in [0.2, 0.25) is 0 Å². The molecule has 3 N–H and O–H groups in total. The summed E-state index contributed by atoms with van der Waals surface area (Å²) in [7, 11) is 0. The Kier molecular flexibility index (Phi) is 3.33. The first-order valence-corrected chi connectivity index (χ1v) is 4.40. The van der Waals surface area contributed by atoms with E-state index in [9.17, 15) is 4.79 Å². The lowest BCUT2D eigenvalue weighted by molar-refractivity contribution is -0.117. The second-order valence-electron chi connectivity index (χ2n) is 2.82. The van der Waals surface area contributed by atoms with Crippen molar-refractivity contribution < 1.29 is 4.79 Å². The summed E-state index contributed by atoms with van der Waals surface area (Å²) >= 11 is 4.13. The molecule has 3 nitrogen and oxygen atoms in total. The van der Waals surface area contributed by atoms with Crippen molar-refractivity contribution >= 4 is 24.2 Å².